The van der Waals surface area contributed by atoms with Crippen LogP contribution in [0, 0.1) is 0 Å². The smallest absolute Gasteiger partial charge is 0.161 e. The van der Waals surface area contributed by atoms with Gasteiger partial charge in [0, 0.05) is 41.4 Å². The molecule has 2 aliphatic heterocycles. The van der Waals surface area contributed by atoms with Crippen molar-refractivity contribution in [2.45, 2.75) is 32.0 Å². The van der Waals surface area contributed by atoms with Crippen LogP contribution in [0.2, 0.25) is 0 Å². The Bertz CT molecular complexity index is 1360. The molecule has 6 heteroatoms. The summed E-state index contributed by atoms with van der Waals surface area (Å²) < 4.78 is 17.4. The normalized spacial score (nSPS) is 17.1. The molecule has 0 saturated carbocycles. The van der Waals surface area contributed by atoms with E-state index in [-0.39, 0.29) is 0 Å². The number of rotatable bonds is 5. The first-order valence-corrected chi connectivity index (χ1v) is 11.7. The fraction of sp³-hybridized carbons (Fsp3) is 0.286. The lowest BCUT2D eigenvalue weighted by atomic mass is 9.85. The van der Waals surface area contributed by atoms with Crippen molar-refractivity contribution in [1.29, 1.82) is 0 Å². The number of hydrogen-bond donors (Lipinski definition) is 2. The summed E-state index contributed by atoms with van der Waals surface area (Å²) in [6.45, 7) is 2.43. The molecule has 0 fully saturated rings. The summed E-state index contributed by atoms with van der Waals surface area (Å²) in [4.78, 5) is 6.22. The van der Waals surface area contributed by atoms with Crippen LogP contribution in [0.5, 0.6) is 17.2 Å². The molecule has 174 valence electrons. The first kappa shape index (κ1) is 20.9. The highest BCUT2D eigenvalue weighted by molar-refractivity contribution is 5.86. The zero-order valence-electron chi connectivity index (χ0n) is 19.6. The van der Waals surface area contributed by atoms with Crippen molar-refractivity contribution in [2.75, 3.05) is 26.5 Å². The summed E-state index contributed by atoms with van der Waals surface area (Å²) in [5.74, 6) is 2.47. The van der Waals surface area contributed by atoms with Crippen LogP contribution < -0.4 is 19.9 Å². The number of fused-ring (bicyclic) bond motifs is 6. The summed E-state index contributed by atoms with van der Waals surface area (Å²) in [5.41, 5.74) is 14.2. The third-order valence-electron chi connectivity index (χ3n) is 7.23. The molecule has 3 aromatic carbocycles. The third kappa shape index (κ3) is 3.55. The highest BCUT2D eigenvalue weighted by atomic mass is 16.5. The number of nitrogen functional groups attached to an aromatic ring is 1. The SMILES string of the molecule is COc1ccc2[nH]c3c(c2c1)CC1c2cc(OC)c(OCc4ccc(N)cc4)cc2CCN1C3. The van der Waals surface area contributed by atoms with E-state index in [0.717, 1.165) is 54.4 Å². The number of nitrogens with one attached hydrogen (secondary N) is 1. The van der Waals surface area contributed by atoms with Gasteiger partial charge in [-0.3, -0.25) is 4.90 Å². The lowest BCUT2D eigenvalue weighted by molar-refractivity contribution is 0.158. The predicted molar refractivity (Wildman–Crippen MR) is 134 cm³/mol. The minimum absolute atomic E-state index is 0.321. The van der Waals surface area contributed by atoms with Crippen LogP contribution in [0.4, 0.5) is 5.69 Å². The molecule has 6 rings (SSSR count). The topological polar surface area (TPSA) is 72.7 Å². The number of H-pyrrole nitrogens is 1. The van der Waals surface area contributed by atoms with Crippen LogP contribution in [-0.2, 0) is 26.0 Å². The van der Waals surface area contributed by atoms with Crippen LogP contribution >= 0.6 is 0 Å². The minimum Gasteiger partial charge on any atom is -0.497 e. The molecule has 34 heavy (non-hydrogen) atoms. The maximum absolute atomic E-state index is 6.18. The third-order valence-corrected chi connectivity index (χ3v) is 7.23. The Labute approximate surface area is 199 Å². The second kappa shape index (κ2) is 8.29. The standard InChI is InChI=1S/C28H29N3O3/c1-32-20-7-8-24-22(12-20)23-13-26-21-14-27(33-2)28(34-16-17-3-5-19(29)6-4-17)11-18(21)9-10-31(26)15-25(23)30-24/h3-8,11-12,14,26,30H,9-10,13,15-16,29H2,1-2H3. The van der Waals surface area contributed by atoms with Crippen molar-refractivity contribution in [3.05, 3.63) is 82.5 Å². The molecule has 1 aromatic heterocycles. The summed E-state index contributed by atoms with van der Waals surface area (Å²) in [6.07, 6.45) is 1.96. The van der Waals surface area contributed by atoms with Gasteiger partial charge in [-0.1, -0.05) is 12.1 Å². The summed E-state index contributed by atoms with van der Waals surface area (Å²) in [6, 6.07) is 18.8. The van der Waals surface area contributed by atoms with Crippen molar-refractivity contribution >= 4 is 16.6 Å². The molecule has 0 amide bonds. The monoisotopic (exact) mass is 455 g/mol. The molecular weight excluding hydrogens is 426 g/mol. The minimum atomic E-state index is 0.321. The van der Waals surface area contributed by atoms with Crippen molar-refractivity contribution in [1.82, 2.24) is 9.88 Å². The summed E-state index contributed by atoms with van der Waals surface area (Å²) >= 11 is 0. The number of nitrogens with zero attached hydrogens (tertiary/aromatic N) is 1. The zero-order chi connectivity index (χ0) is 23.2. The number of benzene rings is 3. The van der Waals surface area contributed by atoms with Gasteiger partial charge in [0.05, 0.1) is 14.2 Å². The average molecular weight is 456 g/mol. The van der Waals surface area contributed by atoms with Crippen molar-refractivity contribution in [3.8, 4) is 17.2 Å². The number of ether oxygens (including phenoxy) is 3. The first-order chi connectivity index (χ1) is 16.6. The van der Waals surface area contributed by atoms with E-state index in [9.17, 15) is 0 Å². The lowest BCUT2D eigenvalue weighted by Crippen LogP contribution is -2.39. The van der Waals surface area contributed by atoms with E-state index in [1.54, 1.807) is 14.2 Å². The highest BCUT2D eigenvalue weighted by Crippen LogP contribution is 2.44. The number of aromatic amines is 1. The maximum atomic E-state index is 6.18. The highest BCUT2D eigenvalue weighted by Gasteiger charge is 2.34. The van der Waals surface area contributed by atoms with E-state index in [4.69, 9.17) is 19.9 Å². The number of aromatic nitrogens is 1. The van der Waals surface area contributed by atoms with Crippen LogP contribution in [-0.4, -0.2) is 30.6 Å². The molecule has 0 spiro atoms. The molecule has 0 aliphatic carbocycles. The van der Waals surface area contributed by atoms with E-state index in [1.165, 1.54) is 33.3 Å². The van der Waals surface area contributed by atoms with Gasteiger partial charge in [-0.15, -0.1) is 0 Å². The Morgan fingerprint density at radius 2 is 1.85 bits per heavy atom. The van der Waals surface area contributed by atoms with E-state index >= 15 is 0 Å². The quantitative estimate of drug-likeness (QED) is 0.414. The molecule has 1 atom stereocenters. The molecule has 0 radical (unpaired) electrons. The number of methoxy groups -OCH3 is 2. The molecule has 0 bridgehead atoms. The van der Waals surface area contributed by atoms with Gasteiger partial charge in [0.15, 0.2) is 11.5 Å². The maximum Gasteiger partial charge on any atom is 0.161 e. The molecule has 1 unspecified atom stereocenters. The molecule has 0 saturated heterocycles. The Balaban J connectivity index is 1.32. The van der Waals surface area contributed by atoms with Crippen molar-refractivity contribution < 1.29 is 14.2 Å². The van der Waals surface area contributed by atoms with Gasteiger partial charge in [0.1, 0.15) is 12.4 Å². The van der Waals surface area contributed by atoms with Crippen molar-refractivity contribution in [2.24, 2.45) is 0 Å². The van der Waals surface area contributed by atoms with E-state index < -0.39 is 0 Å². The van der Waals surface area contributed by atoms with E-state index in [1.807, 2.05) is 30.3 Å². The molecule has 4 aromatic rings. The summed E-state index contributed by atoms with van der Waals surface area (Å²) in [7, 11) is 3.43. The molecule has 6 nitrogen and oxygen atoms in total. The van der Waals surface area contributed by atoms with Gasteiger partial charge >= 0.3 is 0 Å². The molecule has 2 aliphatic rings. The average Bonchev–Trinajstić information content (AvgIpc) is 3.23. The Kier molecular flexibility index (Phi) is 5.11. The van der Waals surface area contributed by atoms with E-state index in [0.29, 0.717) is 12.6 Å². The first-order valence-electron chi connectivity index (χ1n) is 11.7. The zero-order valence-corrected chi connectivity index (χ0v) is 19.6. The predicted octanol–water partition coefficient (Wildman–Crippen LogP) is 5.00. The van der Waals surface area contributed by atoms with Crippen LogP contribution in [0.3, 0.4) is 0 Å². The number of nitrogens with two attached hydrogens (primary N) is 1. The second-order valence-electron chi connectivity index (χ2n) is 9.17. The Hall–Kier alpha value is -3.64. The largest absolute Gasteiger partial charge is 0.497 e. The molecule has 3 N–H and O–H groups in total. The van der Waals surface area contributed by atoms with Crippen LogP contribution in [0.15, 0.2) is 54.6 Å². The fourth-order valence-corrected chi connectivity index (χ4v) is 5.41. The second-order valence-corrected chi connectivity index (χ2v) is 9.17. The molecule has 3 heterocycles. The fourth-order valence-electron chi connectivity index (χ4n) is 5.41. The lowest BCUT2D eigenvalue weighted by Gasteiger charge is -2.40. The van der Waals surface area contributed by atoms with Crippen molar-refractivity contribution in [3.63, 3.8) is 0 Å². The van der Waals surface area contributed by atoms with E-state index in [2.05, 4.69) is 34.1 Å². The molecular formula is C28H29N3O3. The summed E-state index contributed by atoms with van der Waals surface area (Å²) in [5, 5.41) is 1.26. The Morgan fingerprint density at radius 3 is 2.65 bits per heavy atom. The Morgan fingerprint density at radius 1 is 1.00 bits per heavy atom. The van der Waals surface area contributed by atoms with Crippen LogP contribution in [0.25, 0.3) is 10.9 Å². The van der Waals surface area contributed by atoms with Gasteiger partial charge in [-0.25, -0.2) is 0 Å². The number of hydrogen-bond acceptors (Lipinski definition) is 5. The van der Waals surface area contributed by atoms with Gasteiger partial charge < -0.3 is 24.9 Å². The number of anilines is 1. The van der Waals surface area contributed by atoms with Crippen LogP contribution in [0.1, 0.15) is 34.0 Å². The van der Waals surface area contributed by atoms with Gasteiger partial charge in [-0.05, 0) is 77.6 Å². The van der Waals surface area contributed by atoms with Gasteiger partial charge in [-0.2, -0.15) is 0 Å². The van der Waals surface area contributed by atoms with Gasteiger partial charge in [0.25, 0.3) is 0 Å². The van der Waals surface area contributed by atoms with Gasteiger partial charge in [0.2, 0.25) is 0 Å².